The molecule has 0 unspecified atom stereocenters. The van der Waals surface area contributed by atoms with Crippen LogP contribution in [-0.2, 0) is 32.6 Å². The van der Waals surface area contributed by atoms with Crippen LogP contribution in [0.4, 0.5) is 5.69 Å². The number of benzene rings is 4. The van der Waals surface area contributed by atoms with Crippen LogP contribution in [0.5, 0.6) is 11.5 Å². The van der Waals surface area contributed by atoms with E-state index in [0.717, 1.165) is 32.1 Å². The molecule has 0 aromatic heterocycles. The Hall–Kier alpha value is -4.83. The molecular formula is C36H41N3O6S. The molecule has 0 fully saturated rings. The maximum atomic E-state index is 14.6. The van der Waals surface area contributed by atoms with Gasteiger partial charge in [-0.05, 0) is 72.9 Å². The van der Waals surface area contributed by atoms with Crippen molar-refractivity contribution in [2.45, 2.75) is 44.7 Å². The van der Waals surface area contributed by atoms with Gasteiger partial charge in [0, 0.05) is 26.1 Å². The fourth-order valence-electron chi connectivity index (χ4n) is 5.42. The van der Waals surface area contributed by atoms with Gasteiger partial charge in [-0.2, -0.15) is 0 Å². The second-order valence-electron chi connectivity index (χ2n) is 11.1. The average Bonchev–Trinajstić information content (AvgIpc) is 3.05. The number of likely N-dealkylation sites (N-methyl/N-ethyl adjacent to an activating group) is 1. The Bertz CT molecular complexity index is 1770. The fourth-order valence-corrected chi connectivity index (χ4v) is 6.83. The van der Waals surface area contributed by atoms with Crippen molar-refractivity contribution in [3.8, 4) is 11.5 Å². The number of hydrogen-bond acceptors (Lipinski definition) is 6. The molecule has 0 saturated heterocycles. The van der Waals surface area contributed by atoms with Gasteiger partial charge in [0.1, 0.15) is 12.6 Å². The minimum absolute atomic E-state index is 0.0744. The lowest BCUT2D eigenvalue weighted by Crippen LogP contribution is -2.53. The molecule has 242 valence electrons. The van der Waals surface area contributed by atoms with E-state index < -0.39 is 28.5 Å². The van der Waals surface area contributed by atoms with Crippen molar-refractivity contribution in [2.24, 2.45) is 0 Å². The predicted molar refractivity (Wildman–Crippen MR) is 180 cm³/mol. The molecule has 0 aliphatic rings. The summed E-state index contributed by atoms with van der Waals surface area (Å²) < 4.78 is 40.7. The van der Waals surface area contributed by atoms with Crippen LogP contribution in [0.15, 0.2) is 95.9 Å². The van der Waals surface area contributed by atoms with Crippen LogP contribution in [0.25, 0.3) is 0 Å². The molecule has 0 aliphatic heterocycles. The van der Waals surface area contributed by atoms with E-state index in [-0.39, 0.29) is 29.5 Å². The van der Waals surface area contributed by atoms with Gasteiger partial charge in [-0.15, -0.1) is 0 Å². The molecule has 1 N–H and O–H groups in total. The minimum Gasteiger partial charge on any atom is -0.493 e. The van der Waals surface area contributed by atoms with Crippen molar-refractivity contribution in [2.75, 3.05) is 32.1 Å². The number of sulfonamides is 1. The van der Waals surface area contributed by atoms with Crippen LogP contribution in [0.2, 0.25) is 0 Å². The average molecular weight is 644 g/mol. The number of rotatable bonds is 13. The van der Waals surface area contributed by atoms with Crippen LogP contribution >= 0.6 is 0 Å². The molecule has 10 heteroatoms. The van der Waals surface area contributed by atoms with Gasteiger partial charge in [0.2, 0.25) is 11.8 Å². The number of nitrogens with one attached hydrogen (secondary N) is 1. The molecule has 9 nitrogen and oxygen atoms in total. The summed E-state index contributed by atoms with van der Waals surface area (Å²) in [6.07, 6.45) is 0.240. The van der Waals surface area contributed by atoms with E-state index in [9.17, 15) is 18.0 Å². The highest BCUT2D eigenvalue weighted by atomic mass is 32.2. The maximum Gasteiger partial charge on any atom is 0.264 e. The first-order valence-electron chi connectivity index (χ1n) is 14.9. The Labute approximate surface area is 271 Å². The van der Waals surface area contributed by atoms with Gasteiger partial charge in [-0.3, -0.25) is 13.9 Å². The Morgan fingerprint density at radius 3 is 2.04 bits per heavy atom. The monoisotopic (exact) mass is 643 g/mol. The van der Waals surface area contributed by atoms with E-state index in [1.807, 2.05) is 81.4 Å². The van der Waals surface area contributed by atoms with E-state index in [1.54, 1.807) is 12.1 Å². The molecule has 4 aromatic rings. The molecule has 0 bridgehead atoms. The number of aryl methyl sites for hydroxylation is 3. The zero-order valence-corrected chi connectivity index (χ0v) is 27.9. The van der Waals surface area contributed by atoms with Gasteiger partial charge in [-0.25, -0.2) is 8.42 Å². The largest absolute Gasteiger partial charge is 0.493 e. The lowest BCUT2D eigenvalue weighted by atomic mass is 10.0. The summed E-state index contributed by atoms with van der Waals surface area (Å²) in [5, 5.41) is 2.71. The van der Waals surface area contributed by atoms with Gasteiger partial charge in [0.25, 0.3) is 10.0 Å². The van der Waals surface area contributed by atoms with E-state index in [4.69, 9.17) is 9.47 Å². The summed E-state index contributed by atoms with van der Waals surface area (Å²) >= 11 is 0. The van der Waals surface area contributed by atoms with Crippen molar-refractivity contribution in [3.05, 3.63) is 119 Å². The number of methoxy groups -OCH3 is 2. The van der Waals surface area contributed by atoms with Crippen molar-refractivity contribution >= 4 is 27.5 Å². The van der Waals surface area contributed by atoms with Crippen molar-refractivity contribution in [3.63, 3.8) is 0 Å². The molecule has 0 heterocycles. The zero-order valence-electron chi connectivity index (χ0n) is 27.1. The minimum atomic E-state index is -4.32. The molecule has 4 aromatic carbocycles. The molecule has 46 heavy (non-hydrogen) atoms. The second kappa shape index (κ2) is 15.0. The standard InChI is InChI=1S/C36H41N3O6S/c1-25-18-26(2)20-30(19-25)39(46(42,43)31-16-17-33(44-5)34(22-31)45-6)24-35(40)38(23-29-15-11-10-12-27(29)3)32(36(41)37-4)21-28-13-8-7-9-14-28/h7-20,22,32H,21,23-24H2,1-6H3,(H,37,41)/t32-/m0/s1. The molecule has 0 spiro atoms. The Morgan fingerprint density at radius 2 is 1.43 bits per heavy atom. The number of anilines is 1. The number of ether oxygens (including phenoxy) is 2. The van der Waals surface area contributed by atoms with Gasteiger partial charge in [0.05, 0.1) is 24.8 Å². The Kier molecular flexibility index (Phi) is 11.1. The normalized spacial score (nSPS) is 11.8. The van der Waals surface area contributed by atoms with Gasteiger partial charge < -0.3 is 19.7 Å². The zero-order chi connectivity index (χ0) is 33.4. The van der Waals surface area contributed by atoms with Crippen molar-refractivity contribution in [1.29, 1.82) is 0 Å². The first kappa shape index (κ1) is 34.1. The topological polar surface area (TPSA) is 105 Å². The van der Waals surface area contributed by atoms with Gasteiger partial charge in [-0.1, -0.05) is 60.7 Å². The Balaban J connectivity index is 1.85. The highest BCUT2D eigenvalue weighted by Crippen LogP contribution is 2.33. The lowest BCUT2D eigenvalue weighted by molar-refractivity contribution is -0.139. The highest BCUT2D eigenvalue weighted by molar-refractivity contribution is 7.92. The highest BCUT2D eigenvalue weighted by Gasteiger charge is 2.35. The first-order chi connectivity index (χ1) is 22.0. The van der Waals surface area contributed by atoms with Gasteiger partial charge in [0.15, 0.2) is 11.5 Å². The third-order valence-electron chi connectivity index (χ3n) is 7.84. The molecule has 0 saturated carbocycles. The summed E-state index contributed by atoms with van der Waals surface area (Å²) in [4.78, 5) is 29.4. The van der Waals surface area contributed by atoms with Crippen LogP contribution in [0.1, 0.15) is 27.8 Å². The number of nitrogens with zero attached hydrogens (tertiary/aromatic N) is 2. The number of amides is 2. The van der Waals surface area contributed by atoms with Gasteiger partial charge >= 0.3 is 0 Å². The summed E-state index contributed by atoms with van der Waals surface area (Å²) in [7, 11) is 0.104. The number of carbonyl (C=O) groups is 2. The van der Waals surface area contributed by atoms with Crippen LogP contribution in [0.3, 0.4) is 0 Å². The molecule has 0 aliphatic carbocycles. The molecule has 2 amide bonds. The van der Waals surface area contributed by atoms with E-state index in [1.165, 1.54) is 44.4 Å². The lowest BCUT2D eigenvalue weighted by Gasteiger charge is -2.34. The maximum absolute atomic E-state index is 14.6. The smallest absolute Gasteiger partial charge is 0.264 e. The van der Waals surface area contributed by atoms with Crippen LogP contribution in [0, 0.1) is 20.8 Å². The summed E-state index contributed by atoms with van der Waals surface area (Å²) in [5.41, 5.74) is 4.65. The van der Waals surface area contributed by atoms with Crippen molar-refractivity contribution < 1.29 is 27.5 Å². The quantitative estimate of drug-likeness (QED) is 0.215. The molecular weight excluding hydrogens is 602 g/mol. The van der Waals surface area contributed by atoms with Crippen LogP contribution in [-0.4, -0.2) is 59.0 Å². The summed E-state index contributed by atoms with van der Waals surface area (Å²) in [5.74, 6) is -0.282. The Morgan fingerprint density at radius 1 is 0.804 bits per heavy atom. The number of hydrogen-bond donors (Lipinski definition) is 1. The third kappa shape index (κ3) is 7.87. The second-order valence-corrected chi connectivity index (χ2v) is 13.0. The summed E-state index contributed by atoms with van der Waals surface area (Å²) in [6, 6.07) is 25.8. The summed E-state index contributed by atoms with van der Waals surface area (Å²) in [6.45, 7) is 5.23. The SMILES string of the molecule is CNC(=O)[C@H](Cc1ccccc1)N(Cc1ccccc1C)C(=O)CN(c1cc(C)cc(C)c1)S(=O)(=O)c1ccc(OC)c(OC)c1. The van der Waals surface area contributed by atoms with E-state index in [2.05, 4.69) is 5.32 Å². The molecule has 1 atom stereocenters. The third-order valence-corrected chi connectivity index (χ3v) is 9.61. The van der Waals surface area contributed by atoms with Crippen molar-refractivity contribution in [1.82, 2.24) is 10.2 Å². The number of carbonyl (C=O) groups excluding carboxylic acids is 2. The fraction of sp³-hybridized carbons (Fsp3) is 0.278. The molecule has 0 radical (unpaired) electrons. The first-order valence-corrected chi connectivity index (χ1v) is 16.3. The van der Waals surface area contributed by atoms with Crippen LogP contribution < -0.4 is 19.1 Å². The van der Waals surface area contributed by atoms with E-state index >= 15 is 0 Å². The predicted octanol–water partition coefficient (Wildman–Crippen LogP) is 5.21. The molecule has 4 rings (SSSR count). The van der Waals surface area contributed by atoms with E-state index in [0.29, 0.717) is 11.4 Å².